The first-order chi connectivity index (χ1) is 8.28. The molecule has 5 nitrogen and oxygen atoms in total. The summed E-state index contributed by atoms with van der Waals surface area (Å²) in [4.78, 5) is 0. The summed E-state index contributed by atoms with van der Waals surface area (Å²) in [5.41, 5.74) is 0. The third-order valence-electron chi connectivity index (χ3n) is 3.66. The highest BCUT2D eigenvalue weighted by atomic mass is 16.7. The lowest BCUT2D eigenvalue weighted by atomic mass is 9.90. The summed E-state index contributed by atoms with van der Waals surface area (Å²) in [5.74, 6) is -0.264. The third-order valence-corrected chi connectivity index (χ3v) is 3.66. The Kier molecular flexibility index (Phi) is 4.76. The van der Waals surface area contributed by atoms with Crippen molar-refractivity contribution in [3.8, 4) is 0 Å². The Balaban J connectivity index is 1.68. The monoisotopic (exact) mass is 245 g/mol. The third kappa shape index (κ3) is 3.39. The molecule has 100 valence electrons. The molecule has 5 heteroatoms. The van der Waals surface area contributed by atoms with Gasteiger partial charge >= 0.3 is 0 Å². The van der Waals surface area contributed by atoms with E-state index in [4.69, 9.17) is 18.9 Å². The predicted octanol–water partition coefficient (Wildman–Crippen LogP) is 0.881. The molecular weight excluding hydrogens is 222 g/mol. The van der Waals surface area contributed by atoms with Gasteiger partial charge in [-0.15, -0.1) is 0 Å². The van der Waals surface area contributed by atoms with Crippen LogP contribution in [0.4, 0.5) is 0 Å². The molecule has 2 rings (SSSR count). The van der Waals surface area contributed by atoms with E-state index in [2.05, 4.69) is 5.32 Å². The van der Waals surface area contributed by atoms with E-state index in [0.29, 0.717) is 6.04 Å². The van der Waals surface area contributed by atoms with Crippen molar-refractivity contribution in [3.05, 3.63) is 0 Å². The van der Waals surface area contributed by atoms with Crippen molar-refractivity contribution in [2.75, 3.05) is 34.0 Å². The minimum atomic E-state index is -0.264. The van der Waals surface area contributed by atoms with Gasteiger partial charge in [0.2, 0.25) is 0 Å². The molecule has 1 N–H and O–H groups in total. The van der Waals surface area contributed by atoms with E-state index in [1.54, 1.807) is 14.2 Å². The summed E-state index contributed by atoms with van der Waals surface area (Å²) >= 11 is 0. The molecule has 0 atom stereocenters. The number of nitrogens with one attached hydrogen (secondary N) is 1. The summed E-state index contributed by atoms with van der Waals surface area (Å²) in [7, 11) is 3.32. The molecule has 1 saturated heterocycles. The molecule has 1 spiro atoms. The highest BCUT2D eigenvalue weighted by Crippen LogP contribution is 2.35. The quantitative estimate of drug-likeness (QED) is 0.729. The topological polar surface area (TPSA) is 49.0 Å². The number of hydrogen-bond donors (Lipinski definition) is 1. The standard InChI is InChI=1S/C12H23NO4/c1-14-11(15-2)9-13-10-3-5-12(6-4-10)16-7-8-17-12/h10-11,13H,3-9H2,1-2H3. The molecule has 0 aromatic carbocycles. The number of methoxy groups -OCH3 is 2. The summed E-state index contributed by atoms with van der Waals surface area (Å²) < 4.78 is 21.7. The smallest absolute Gasteiger partial charge is 0.169 e. The fraction of sp³-hybridized carbons (Fsp3) is 1.00. The van der Waals surface area contributed by atoms with Gasteiger partial charge in [0, 0.05) is 39.6 Å². The maximum absolute atomic E-state index is 5.70. The molecule has 1 heterocycles. The van der Waals surface area contributed by atoms with Gasteiger partial charge in [0.05, 0.1) is 13.2 Å². The second-order valence-electron chi connectivity index (χ2n) is 4.69. The van der Waals surface area contributed by atoms with E-state index >= 15 is 0 Å². The van der Waals surface area contributed by atoms with Crippen LogP contribution in [0.25, 0.3) is 0 Å². The van der Waals surface area contributed by atoms with Crippen LogP contribution in [0.2, 0.25) is 0 Å². The first-order valence-electron chi connectivity index (χ1n) is 6.35. The van der Waals surface area contributed by atoms with Crippen molar-refractivity contribution < 1.29 is 18.9 Å². The van der Waals surface area contributed by atoms with E-state index in [-0.39, 0.29) is 12.1 Å². The predicted molar refractivity (Wildman–Crippen MR) is 62.7 cm³/mol. The zero-order valence-corrected chi connectivity index (χ0v) is 10.7. The maximum atomic E-state index is 5.70. The van der Waals surface area contributed by atoms with Crippen molar-refractivity contribution in [1.82, 2.24) is 5.32 Å². The van der Waals surface area contributed by atoms with Gasteiger partial charge in [-0.2, -0.15) is 0 Å². The SMILES string of the molecule is COC(CNC1CCC2(CC1)OCCO2)OC. The average Bonchev–Trinajstić information content (AvgIpc) is 2.81. The second kappa shape index (κ2) is 6.11. The lowest BCUT2D eigenvalue weighted by Gasteiger charge is -2.36. The first kappa shape index (κ1) is 13.2. The van der Waals surface area contributed by atoms with Gasteiger partial charge < -0.3 is 24.3 Å². The molecule has 0 bridgehead atoms. The molecule has 0 amide bonds. The molecule has 0 unspecified atom stereocenters. The average molecular weight is 245 g/mol. The van der Waals surface area contributed by atoms with Crippen LogP contribution >= 0.6 is 0 Å². The number of ether oxygens (including phenoxy) is 4. The molecule has 2 fully saturated rings. The fourth-order valence-electron chi connectivity index (χ4n) is 2.57. The summed E-state index contributed by atoms with van der Waals surface area (Å²) in [6.45, 7) is 2.22. The van der Waals surface area contributed by atoms with E-state index in [1.165, 1.54) is 0 Å². The van der Waals surface area contributed by atoms with Crippen LogP contribution in [0.5, 0.6) is 0 Å². The highest BCUT2D eigenvalue weighted by molar-refractivity contribution is 4.85. The van der Waals surface area contributed by atoms with E-state index in [0.717, 1.165) is 45.4 Å². The zero-order chi connectivity index (χ0) is 12.1. The fourth-order valence-corrected chi connectivity index (χ4v) is 2.57. The van der Waals surface area contributed by atoms with Gasteiger partial charge in [0.15, 0.2) is 12.1 Å². The Morgan fingerprint density at radius 1 is 1.18 bits per heavy atom. The Labute approximate surface area is 103 Å². The molecule has 1 aliphatic heterocycles. The van der Waals surface area contributed by atoms with Crippen molar-refractivity contribution in [1.29, 1.82) is 0 Å². The van der Waals surface area contributed by atoms with Crippen molar-refractivity contribution in [2.45, 2.75) is 43.8 Å². The van der Waals surface area contributed by atoms with Crippen LogP contribution in [0.15, 0.2) is 0 Å². The zero-order valence-electron chi connectivity index (χ0n) is 10.7. The Morgan fingerprint density at radius 3 is 2.29 bits per heavy atom. The van der Waals surface area contributed by atoms with Gasteiger partial charge in [0.25, 0.3) is 0 Å². The molecule has 0 aromatic heterocycles. The molecule has 1 saturated carbocycles. The largest absolute Gasteiger partial charge is 0.355 e. The van der Waals surface area contributed by atoms with Crippen LogP contribution < -0.4 is 5.32 Å². The minimum absolute atomic E-state index is 0.162. The molecule has 0 radical (unpaired) electrons. The van der Waals surface area contributed by atoms with Crippen molar-refractivity contribution >= 4 is 0 Å². The molecular formula is C12H23NO4. The molecule has 17 heavy (non-hydrogen) atoms. The van der Waals surface area contributed by atoms with E-state index in [1.807, 2.05) is 0 Å². The number of hydrogen-bond acceptors (Lipinski definition) is 5. The normalized spacial score (nSPS) is 24.9. The summed E-state index contributed by atoms with van der Waals surface area (Å²) in [5, 5.41) is 3.47. The Bertz CT molecular complexity index is 214. The van der Waals surface area contributed by atoms with Crippen LogP contribution in [0, 0.1) is 0 Å². The lowest BCUT2D eigenvalue weighted by molar-refractivity contribution is -0.180. The van der Waals surface area contributed by atoms with E-state index in [9.17, 15) is 0 Å². The minimum Gasteiger partial charge on any atom is -0.355 e. The summed E-state index contributed by atoms with van der Waals surface area (Å²) in [6, 6.07) is 0.515. The first-order valence-corrected chi connectivity index (χ1v) is 6.35. The second-order valence-corrected chi connectivity index (χ2v) is 4.69. The maximum Gasteiger partial charge on any atom is 0.169 e. The Hall–Kier alpha value is -0.200. The van der Waals surface area contributed by atoms with Crippen LogP contribution in [-0.2, 0) is 18.9 Å². The van der Waals surface area contributed by atoms with E-state index < -0.39 is 0 Å². The molecule has 0 aromatic rings. The molecule has 2 aliphatic rings. The van der Waals surface area contributed by atoms with Gasteiger partial charge in [-0.25, -0.2) is 0 Å². The van der Waals surface area contributed by atoms with Gasteiger partial charge in [-0.1, -0.05) is 0 Å². The van der Waals surface area contributed by atoms with Crippen LogP contribution in [0.1, 0.15) is 25.7 Å². The van der Waals surface area contributed by atoms with Gasteiger partial charge in [-0.05, 0) is 12.8 Å². The van der Waals surface area contributed by atoms with Crippen LogP contribution in [0.3, 0.4) is 0 Å². The van der Waals surface area contributed by atoms with Crippen molar-refractivity contribution in [3.63, 3.8) is 0 Å². The summed E-state index contributed by atoms with van der Waals surface area (Å²) in [6.07, 6.45) is 3.97. The Morgan fingerprint density at radius 2 is 1.76 bits per heavy atom. The number of rotatable bonds is 5. The lowest BCUT2D eigenvalue weighted by Crippen LogP contribution is -2.44. The van der Waals surface area contributed by atoms with Crippen molar-refractivity contribution in [2.24, 2.45) is 0 Å². The highest BCUT2D eigenvalue weighted by Gasteiger charge is 2.40. The van der Waals surface area contributed by atoms with Gasteiger partial charge in [0.1, 0.15) is 0 Å². The molecule has 1 aliphatic carbocycles. The van der Waals surface area contributed by atoms with Crippen LogP contribution in [-0.4, -0.2) is 52.1 Å². The van der Waals surface area contributed by atoms with Gasteiger partial charge in [-0.3, -0.25) is 0 Å².